The Hall–Kier alpha value is -2.49. The predicted molar refractivity (Wildman–Crippen MR) is 104 cm³/mol. The van der Waals surface area contributed by atoms with E-state index in [1.165, 1.54) is 0 Å². The van der Waals surface area contributed by atoms with Crippen LogP contribution in [0.4, 0.5) is 5.82 Å². The Kier molecular flexibility index (Phi) is 6.04. The first-order valence-corrected chi connectivity index (χ1v) is 9.25. The maximum Gasteiger partial charge on any atom is 0.263 e. The van der Waals surface area contributed by atoms with Gasteiger partial charge in [-0.05, 0) is 31.2 Å². The van der Waals surface area contributed by atoms with Crippen molar-refractivity contribution in [3.05, 3.63) is 52.1 Å². The Morgan fingerprint density at radius 1 is 1.26 bits per heavy atom. The fraction of sp³-hybridized carbons (Fsp3) is 0.316. The number of hydrogen-bond acceptors (Lipinski definition) is 5. The predicted octanol–water partition coefficient (Wildman–Crippen LogP) is 3.38. The lowest BCUT2D eigenvalue weighted by Gasteiger charge is -2.36. The summed E-state index contributed by atoms with van der Waals surface area (Å²) in [4.78, 5) is 20.8. The Morgan fingerprint density at radius 2 is 2.00 bits per heavy atom. The molecule has 0 saturated carbocycles. The summed E-state index contributed by atoms with van der Waals surface area (Å²) in [5, 5.41) is 9.94. The lowest BCUT2D eigenvalue weighted by atomic mass is 10.2. The number of carbonyl (C=O) groups excluding carboxylic acids is 1. The number of nitrogens with zero attached hydrogens (tertiary/aromatic N) is 4. The molecule has 1 unspecified atom stereocenters. The van der Waals surface area contributed by atoms with Gasteiger partial charge in [-0.2, -0.15) is 5.26 Å². The molecule has 1 fully saturated rings. The first kappa shape index (κ1) is 19.3. The van der Waals surface area contributed by atoms with Gasteiger partial charge in [0.15, 0.2) is 6.10 Å². The summed E-state index contributed by atoms with van der Waals surface area (Å²) in [6, 6.07) is 10.5. The highest BCUT2D eigenvalue weighted by Crippen LogP contribution is 2.27. The van der Waals surface area contributed by atoms with E-state index in [-0.39, 0.29) is 5.91 Å². The molecule has 0 N–H and O–H groups in total. The first-order valence-electron chi connectivity index (χ1n) is 8.49. The molecule has 1 aliphatic heterocycles. The van der Waals surface area contributed by atoms with E-state index in [1.807, 2.05) is 4.90 Å². The minimum absolute atomic E-state index is 0.0906. The number of carbonyl (C=O) groups is 1. The number of ether oxygens (including phenoxy) is 1. The maximum atomic E-state index is 12.7. The average molecular weight is 405 g/mol. The molecule has 3 rings (SSSR count). The molecule has 6 nitrogen and oxygen atoms in total. The highest BCUT2D eigenvalue weighted by Gasteiger charge is 2.27. The maximum absolute atomic E-state index is 12.7. The number of hydrogen-bond donors (Lipinski definition) is 0. The SMILES string of the molecule is CC(Oc1cccc(C#N)c1)C(=O)N1CCN(c2ncc(Cl)cc2Cl)CC1. The molecule has 0 radical (unpaired) electrons. The van der Waals surface area contributed by atoms with Crippen molar-refractivity contribution < 1.29 is 9.53 Å². The van der Waals surface area contributed by atoms with Crippen LogP contribution >= 0.6 is 23.2 Å². The van der Waals surface area contributed by atoms with Gasteiger partial charge in [-0.3, -0.25) is 4.79 Å². The summed E-state index contributed by atoms with van der Waals surface area (Å²) < 4.78 is 5.71. The Labute approximate surface area is 167 Å². The van der Waals surface area contributed by atoms with Crippen molar-refractivity contribution in [2.45, 2.75) is 13.0 Å². The first-order chi connectivity index (χ1) is 13.0. The zero-order valence-electron chi connectivity index (χ0n) is 14.7. The van der Waals surface area contributed by atoms with Gasteiger partial charge in [-0.15, -0.1) is 0 Å². The molecular weight excluding hydrogens is 387 g/mol. The van der Waals surface area contributed by atoms with Crippen LogP contribution in [-0.2, 0) is 4.79 Å². The molecule has 1 aromatic carbocycles. The van der Waals surface area contributed by atoms with Crippen LogP contribution in [0, 0.1) is 11.3 Å². The Morgan fingerprint density at radius 3 is 2.67 bits per heavy atom. The van der Waals surface area contributed by atoms with Crippen LogP contribution in [-0.4, -0.2) is 48.1 Å². The molecule has 27 heavy (non-hydrogen) atoms. The lowest BCUT2D eigenvalue weighted by Crippen LogP contribution is -2.52. The van der Waals surface area contributed by atoms with Crippen LogP contribution in [0.1, 0.15) is 12.5 Å². The van der Waals surface area contributed by atoms with Crippen molar-refractivity contribution in [3.8, 4) is 11.8 Å². The molecule has 140 valence electrons. The third kappa shape index (κ3) is 4.62. The minimum Gasteiger partial charge on any atom is -0.481 e. The van der Waals surface area contributed by atoms with Gasteiger partial charge >= 0.3 is 0 Å². The summed E-state index contributed by atoms with van der Waals surface area (Å²) in [5.74, 6) is 1.09. The fourth-order valence-electron chi connectivity index (χ4n) is 2.93. The van der Waals surface area contributed by atoms with Gasteiger partial charge < -0.3 is 14.5 Å². The number of benzene rings is 1. The van der Waals surface area contributed by atoms with E-state index in [0.29, 0.717) is 53.4 Å². The van der Waals surface area contributed by atoms with E-state index >= 15 is 0 Å². The molecule has 0 aliphatic carbocycles. The topological polar surface area (TPSA) is 69.5 Å². The van der Waals surface area contributed by atoms with Gasteiger partial charge in [0.05, 0.1) is 21.7 Å². The number of rotatable bonds is 4. The van der Waals surface area contributed by atoms with Gasteiger partial charge in [-0.1, -0.05) is 29.3 Å². The molecular formula is C19H18Cl2N4O2. The lowest BCUT2D eigenvalue weighted by molar-refractivity contribution is -0.138. The zero-order valence-corrected chi connectivity index (χ0v) is 16.2. The van der Waals surface area contributed by atoms with Crippen LogP contribution in [0.25, 0.3) is 0 Å². The quantitative estimate of drug-likeness (QED) is 0.780. The van der Waals surface area contributed by atoms with Crippen molar-refractivity contribution in [1.82, 2.24) is 9.88 Å². The van der Waals surface area contributed by atoms with E-state index in [0.717, 1.165) is 0 Å². The molecule has 1 saturated heterocycles. The van der Waals surface area contributed by atoms with Gasteiger partial charge in [0.2, 0.25) is 0 Å². The van der Waals surface area contributed by atoms with E-state index in [1.54, 1.807) is 48.4 Å². The van der Waals surface area contributed by atoms with Crippen molar-refractivity contribution in [3.63, 3.8) is 0 Å². The number of piperazine rings is 1. The third-order valence-electron chi connectivity index (χ3n) is 4.30. The highest BCUT2D eigenvalue weighted by molar-refractivity contribution is 6.36. The van der Waals surface area contributed by atoms with Crippen molar-refractivity contribution in [2.75, 3.05) is 31.1 Å². The van der Waals surface area contributed by atoms with Gasteiger partial charge in [-0.25, -0.2) is 4.98 Å². The van der Waals surface area contributed by atoms with E-state index < -0.39 is 6.10 Å². The Bertz CT molecular complexity index is 876. The largest absolute Gasteiger partial charge is 0.481 e. The van der Waals surface area contributed by atoms with E-state index in [4.69, 9.17) is 33.2 Å². The molecule has 1 amide bonds. The van der Waals surface area contributed by atoms with E-state index in [9.17, 15) is 4.79 Å². The minimum atomic E-state index is -0.636. The van der Waals surface area contributed by atoms with Crippen LogP contribution in [0.15, 0.2) is 36.5 Å². The Balaban J connectivity index is 1.58. The highest BCUT2D eigenvalue weighted by atomic mass is 35.5. The zero-order chi connectivity index (χ0) is 19.4. The number of pyridine rings is 1. The second-order valence-corrected chi connectivity index (χ2v) is 7.01. The molecule has 1 atom stereocenters. The van der Waals surface area contributed by atoms with Crippen LogP contribution in [0.2, 0.25) is 10.0 Å². The molecule has 1 aromatic heterocycles. The number of halogens is 2. The van der Waals surface area contributed by atoms with Crippen LogP contribution in [0.3, 0.4) is 0 Å². The molecule has 8 heteroatoms. The normalized spacial score (nSPS) is 15.2. The third-order valence-corrected chi connectivity index (χ3v) is 4.79. The second-order valence-electron chi connectivity index (χ2n) is 6.17. The molecule has 1 aliphatic rings. The second kappa shape index (κ2) is 8.47. The summed E-state index contributed by atoms with van der Waals surface area (Å²) in [6.07, 6.45) is 0.925. The van der Waals surface area contributed by atoms with Crippen molar-refractivity contribution >= 4 is 34.9 Å². The summed E-state index contributed by atoms with van der Waals surface area (Å²) in [5.41, 5.74) is 0.494. The standard InChI is InChI=1S/C19H18Cl2N4O2/c1-13(27-16-4-2-3-14(9-16)11-22)19(26)25-7-5-24(6-8-25)18-17(21)10-15(20)12-23-18/h2-4,9-10,12-13H,5-8H2,1H3. The number of aromatic nitrogens is 1. The van der Waals surface area contributed by atoms with Crippen LogP contribution < -0.4 is 9.64 Å². The van der Waals surface area contributed by atoms with Crippen molar-refractivity contribution in [2.24, 2.45) is 0 Å². The fourth-order valence-corrected chi connectivity index (χ4v) is 3.43. The summed E-state index contributed by atoms with van der Waals surface area (Å²) in [6.45, 7) is 4.05. The van der Waals surface area contributed by atoms with Gasteiger partial charge in [0.25, 0.3) is 5.91 Å². The summed E-state index contributed by atoms with van der Waals surface area (Å²) in [7, 11) is 0. The van der Waals surface area contributed by atoms with E-state index in [2.05, 4.69) is 11.1 Å². The van der Waals surface area contributed by atoms with Crippen molar-refractivity contribution in [1.29, 1.82) is 5.26 Å². The van der Waals surface area contributed by atoms with Crippen LogP contribution in [0.5, 0.6) is 5.75 Å². The molecule has 0 spiro atoms. The molecule has 0 bridgehead atoms. The molecule has 2 aromatic rings. The number of anilines is 1. The number of amides is 1. The summed E-state index contributed by atoms with van der Waals surface area (Å²) >= 11 is 12.1. The number of nitriles is 1. The smallest absolute Gasteiger partial charge is 0.263 e. The van der Waals surface area contributed by atoms with Gasteiger partial charge in [0.1, 0.15) is 11.6 Å². The van der Waals surface area contributed by atoms with Gasteiger partial charge in [0, 0.05) is 32.4 Å². The monoisotopic (exact) mass is 404 g/mol. The molecule has 2 heterocycles. The average Bonchev–Trinajstić information content (AvgIpc) is 2.68.